The van der Waals surface area contributed by atoms with Gasteiger partial charge in [-0.15, -0.1) is 0 Å². The SMILES string of the molecule is CC(C)(C)C(C(C)(C)C)C(C)(C)I. The number of rotatable bonds is 1. The van der Waals surface area contributed by atoms with Crippen molar-refractivity contribution in [3.05, 3.63) is 0 Å². The molecule has 0 nitrogen and oxygen atoms in total. The molecule has 0 saturated carbocycles. The second-order valence-corrected chi connectivity index (χ2v) is 9.51. The second kappa shape index (κ2) is 3.71. The zero-order valence-electron chi connectivity index (χ0n) is 10.5. The van der Waals surface area contributed by atoms with Gasteiger partial charge >= 0.3 is 0 Å². The molecule has 0 atom stereocenters. The number of alkyl halides is 1. The molecule has 0 aromatic carbocycles. The molecule has 0 aromatic rings. The normalized spacial score (nSPS) is 15.2. The summed E-state index contributed by atoms with van der Waals surface area (Å²) in [7, 11) is 0. The Balaban J connectivity index is 5.02. The van der Waals surface area contributed by atoms with E-state index in [0.717, 1.165) is 0 Å². The predicted molar refractivity (Wildman–Crippen MR) is 70.5 cm³/mol. The van der Waals surface area contributed by atoms with Crippen molar-refractivity contribution < 1.29 is 0 Å². The maximum atomic E-state index is 2.59. The van der Waals surface area contributed by atoms with Crippen molar-refractivity contribution in [1.82, 2.24) is 0 Å². The Bertz CT molecular complexity index is 128. The summed E-state index contributed by atoms with van der Waals surface area (Å²) in [6, 6.07) is 0. The fourth-order valence-corrected chi connectivity index (χ4v) is 5.23. The number of halogens is 1. The van der Waals surface area contributed by atoms with Gasteiger partial charge in [0.05, 0.1) is 0 Å². The van der Waals surface area contributed by atoms with Crippen molar-refractivity contribution in [2.24, 2.45) is 16.7 Å². The minimum absolute atomic E-state index is 0.355. The largest absolute Gasteiger partial charge is 0.0791 e. The van der Waals surface area contributed by atoms with Crippen LogP contribution in [-0.2, 0) is 0 Å². The molecule has 0 aromatic heterocycles. The molecule has 0 amide bonds. The maximum Gasteiger partial charge on any atom is 0.0204 e. The van der Waals surface area contributed by atoms with Gasteiger partial charge in [-0.1, -0.05) is 78.0 Å². The molecule has 0 rings (SSSR count). The molecule has 0 N–H and O–H groups in total. The summed E-state index contributed by atoms with van der Waals surface area (Å²) >= 11 is 2.59. The third kappa shape index (κ3) is 4.18. The second-order valence-electron chi connectivity index (χ2n) is 6.73. The summed E-state index contributed by atoms with van der Waals surface area (Å²) in [6.07, 6.45) is 0. The molecule has 0 heterocycles. The zero-order chi connectivity index (χ0) is 11.1. The smallest absolute Gasteiger partial charge is 0.0204 e. The van der Waals surface area contributed by atoms with Crippen LogP contribution in [0.2, 0.25) is 0 Å². The molecule has 0 saturated heterocycles. The Kier molecular flexibility index (Phi) is 3.92. The Morgan fingerprint density at radius 2 is 0.923 bits per heavy atom. The third-order valence-electron chi connectivity index (χ3n) is 2.42. The van der Waals surface area contributed by atoms with Crippen LogP contribution in [0.4, 0.5) is 0 Å². The van der Waals surface area contributed by atoms with Gasteiger partial charge in [-0.3, -0.25) is 0 Å². The van der Waals surface area contributed by atoms with Gasteiger partial charge in [0.1, 0.15) is 0 Å². The topological polar surface area (TPSA) is 0 Å². The molecule has 0 radical (unpaired) electrons. The quantitative estimate of drug-likeness (QED) is 0.476. The molecule has 0 bridgehead atoms. The van der Waals surface area contributed by atoms with Crippen LogP contribution in [0.5, 0.6) is 0 Å². The van der Waals surface area contributed by atoms with Gasteiger partial charge < -0.3 is 0 Å². The van der Waals surface area contributed by atoms with E-state index in [1.54, 1.807) is 0 Å². The van der Waals surface area contributed by atoms with E-state index in [0.29, 0.717) is 20.2 Å². The summed E-state index contributed by atoms with van der Waals surface area (Å²) in [5, 5.41) is 0. The van der Waals surface area contributed by atoms with Gasteiger partial charge in [0, 0.05) is 3.42 Å². The van der Waals surface area contributed by atoms with E-state index >= 15 is 0 Å². The Morgan fingerprint density at radius 1 is 0.692 bits per heavy atom. The zero-order valence-corrected chi connectivity index (χ0v) is 12.6. The predicted octanol–water partition coefficient (Wildman–Crippen LogP) is 4.91. The highest BCUT2D eigenvalue weighted by molar-refractivity contribution is 14.1. The van der Waals surface area contributed by atoms with Gasteiger partial charge in [0.15, 0.2) is 0 Å². The van der Waals surface area contributed by atoms with Crippen LogP contribution in [0.1, 0.15) is 55.4 Å². The Hall–Kier alpha value is 0.730. The first-order valence-electron chi connectivity index (χ1n) is 5.06. The van der Waals surface area contributed by atoms with Crippen molar-refractivity contribution in [3.8, 4) is 0 Å². The highest BCUT2D eigenvalue weighted by Crippen LogP contribution is 2.49. The lowest BCUT2D eigenvalue weighted by atomic mass is 9.62. The highest BCUT2D eigenvalue weighted by Gasteiger charge is 2.43. The molecule has 13 heavy (non-hydrogen) atoms. The first-order valence-corrected chi connectivity index (χ1v) is 6.13. The Morgan fingerprint density at radius 3 is 0.923 bits per heavy atom. The van der Waals surface area contributed by atoms with E-state index in [1.807, 2.05) is 0 Å². The molecule has 0 aliphatic heterocycles. The molecular weight excluding hydrogens is 271 g/mol. The molecular formula is C12H25I. The lowest BCUT2D eigenvalue weighted by molar-refractivity contribution is 0.0790. The number of hydrogen-bond donors (Lipinski definition) is 0. The van der Waals surface area contributed by atoms with Crippen molar-refractivity contribution in [1.29, 1.82) is 0 Å². The molecule has 0 fully saturated rings. The van der Waals surface area contributed by atoms with Crippen LogP contribution in [0.25, 0.3) is 0 Å². The van der Waals surface area contributed by atoms with E-state index in [1.165, 1.54) is 0 Å². The standard InChI is InChI=1S/C12H25I/c1-10(2,3)9(11(4,5)6)12(7,8)13/h9H,1-8H3. The van der Waals surface area contributed by atoms with Crippen molar-refractivity contribution >= 4 is 22.6 Å². The fraction of sp³-hybridized carbons (Fsp3) is 1.00. The maximum absolute atomic E-state index is 2.59. The van der Waals surface area contributed by atoms with E-state index in [2.05, 4.69) is 78.0 Å². The van der Waals surface area contributed by atoms with Crippen molar-refractivity contribution in [3.63, 3.8) is 0 Å². The summed E-state index contributed by atoms with van der Waals surface area (Å²) < 4.78 is 0.355. The molecule has 0 aliphatic carbocycles. The molecule has 80 valence electrons. The summed E-state index contributed by atoms with van der Waals surface area (Å²) in [5.41, 5.74) is 0.756. The minimum atomic E-state index is 0.355. The van der Waals surface area contributed by atoms with Gasteiger partial charge in [-0.05, 0) is 16.7 Å². The van der Waals surface area contributed by atoms with Crippen LogP contribution in [0.3, 0.4) is 0 Å². The number of hydrogen-bond acceptors (Lipinski definition) is 0. The molecule has 0 aliphatic rings. The molecule has 0 unspecified atom stereocenters. The lowest BCUT2D eigenvalue weighted by Crippen LogP contribution is -2.43. The van der Waals surface area contributed by atoms with Crippen LogP contribution in [-0.4, -0.2) is 3.42 Å². The van der Waals surface area contributed by atoms with Gasteiger partial charge in [-0.25, -0.2) is 0 Å². The molecule has 1 heteroatoms. The monoisotopic (exact) mass is 296 g/mol. The van der Waals surface area contributed by atoms with E-state index in [4.69, 9.17) is 0 Å². The van der Waals surface area contributed by atoms with Crippen LogP contribution in [0.15, 0.2) is 0 Å². The van der Waals surface area contributed by atoms with Crippen LogP contribution >= 0.6 is 22.6 Å². The van der Waals surface area contributed by atoms with Crippen LogP contribution < -0.4 is 0 Å². The average molecular weight is 296 g/mol. The van der Waals surface area contributed by atoms with Crippen LogP contribution in [0, 0.1) is 16.7 Å². The summed E-state index contributed by atoms with van der Waals surface area (Å²) in [6.45, 7) is 18.8. The van der Waals surface area contributed by atoms with Gasteiger partial charge in [0.2, 0.25) is 0 Å². The summed E-state index contributed by atoms with van der Waals surface area (Å²) in [5.74, 6) is 0.716. The highest BCUT2D eigenvalue weighted by atomic mass is 127. The fourth-order valence-electron chi connectivity index (χ4n) is 3.36. The molecule has 0 spiro atoms. The Labute approximate surface area is 98.0 Å². The lowest BCUT2D eigenvalue weighted by Gasteiger charge is -2.47. The van der Waals surface area contributed by atoms with Gasteiger partial charge in [-0.2, -0.15) is 0 Å². The van der Waals surface area contributed by atoms with Crippen molar-refractivity contribution in [2.45, 2.75) is 58.8 Å². The van der Waals surface area contributed by atoms with E-state index < -0.39 is 0 Å². The van der Waals surface area contributed by atoms with Crippen molar-refractivity contribution in [2.75, 3.05) is 0 Å². The van der Waals surface area contributed by atoms with E-state index in [9.17, 15) is 0 Å². The average Bonchev–Trinajstić information content (AvgIpc) is 1.44. The first-order chi connectivity index (χ1) is 5.37. The van der Waals surface area contributed by atoms with E-state index in [-0.39, 0.29) is 0 Å². The summed E-state index contributed by atoms with van der Waals surface area (Å²) in [4.78, 5) is 0. The van der Waals surface area contributed by atoms with Gasteiger partial charge in [0.25, 0.3) is 0 Å². The third-order valence-corrected chi connectivity index (χ3v) is 3.04. The minimum Gasteiger partial charge on any atom is -0.0791 e. The first kappa shape index (κ1) is 13.7.